The number of carbonyl (C=O) groups excluding carboxylic acids is 1. The smallest absolute Gasteiger partial charge is 0.228 e. The summed E-state index contributed by atoms with van der Waals surface area (Å²) in [6, 6.07) is 9.64. The van der Waals surface area contributed by atoms with Gasteiger partial charge in [0.1, 0.15) is 0 Å². The molecule has 0 saturated carbocycles. The SMILES string of the molecule is CN(C)CCNC(=O)C(CN)c1ccccc1.Cl. The largest absolute Gasteiger partial charge is 0.354 e. The van der Waals surface area contributed by atoms with Gasteiger partial charge < -0.3 is 16.0 Å². The van der Waals surface area contributed by atoms with E-state index < -0.39 is 0 Å². The second-order valence-corrected chi connectivity index (χ2v) is 4.29. The van der Waals surface area contributed by atoms with Gasteiger partial charge in [0.05, 0.1) is 5.92 Å². The van der Waals surface area contributed by atoms with E-state index in [-0.39, 0.29) is 24.2 Å². The van der Waals surface area contributed by atoms with Crippen LogP contribution in [0.5, 0.6) is 0 Å². The molecule has 1 rings (SSSR count). The number of rotatable bonds is 6. The molecular formula is C13H22ClN3O. The van der Waals surface area contributed by atoms with E-state index in [2.05, 4.69) is 5.32 Å². The van der Waals surface area contributed by atoms with Crippen LogP contribution in [0.1, 0.15) is 11.5 Å². The molecule has 1 aromatic carbocycles. The fourth-order valence-electron chi connectivity index (χ4n) is 1.61. The third-order valence-electron chi connectivity index (χ3n) is 2.61. The maximum atomic E-state index is 11.9. The second kappa shape index (κ2) is 8.91. The van der Waals surface area contributed by atoms with Gasteiger partial charge in [0.25, 0.3) is 0 Å². The molecule has 3 N–H and O–H groups in total. The van der Waals surface area contributed by atoms with Gasteiger partial charge in [-0.15, -0.1) is 12.4 Å². The van der Waals surface area contributed by atoms with Crippen LogP contribution < -0.4 is 11.1 Å². The van der Waals surface area contributed by atoms with Crippen molar-refractivity contribution in [2.24, 2.45) is 5.73 Å². The molecule has 0 heterocycles. The monoisotopic (exact) mass is 271 g/mol. The summed E-state index contributed by atoms with van der Waals surface area (Å²) in [6.45, 7) is 1.81. The Labute approximate surface area is 115 Å². The molecule has 5 heteroatoms. The molecule has 0 aliphatic rings. The Morgan fingerprint density at radius 1 is 1.33 bits per heavy atom. The molecule has 1 atom stereocenters. The number of halogens is 1. The van der Waals surface area contributed by atoms with E-state index in [1.165, 1.54) is 0 Å². The fourth-order valence-corrected chi connectivity index (χ4v) is 1.61. The zero-order valence-corrected chi connectivity index (χ0v) is 11.7. The van der Waals surface area contributed by atoms with E-state index in [0.29, 0.717) is 13.1 Å². The van der Waals surface area contributed by atoms with E-state index in [1.54, 1.807) is 0 Å². The number of likely N-dealkylation sites (N-methyl/N-ethyl adjacent to an activating group) is 1. The molecule has 0 fully saturated rings. The second-order valence-electron chi connectivity index (χ2n) is 4.29. The number of benzene rings is 1. The highest BCUT2D eigenvalue weighted by Gasteiger charge is 2.17. The molecular weight excluding hydrogens is 250 g/mol. The van der Waals surface area contributed by atoms with Crippen LogP contribution in [0.2, 0.25) is 0 Å². The molecule has 0 spiro atoms. The summed E-state index contributed by atoms with van der Waals surface area (Å²) in [5.41, 5.74) is 6.64. The number of nitrogens with two attached hydrogens (primary N) is 1. The van der Waals surface area contributed by atoms with E-state index in [4.69, 9.17) is 5.73 Å². The molecule has 0 aliphatic carbocycles. The quantitative estimate of drug-likeness (QED) is 0.806. The predicted octanol–water partition coefficient (Wildman–Crippen LogP) is 0.829. The number of nitrogens with one attached hydrogen (secondary N) is 1. The van der Waals surface area contributed by atoms with Crippen molar-refractivity contribution in [1.82, 2.24) is 10.2 Å². The van der Waals surface area contributed by atoms with Crippen molar-refractivity contribution in [1.29, 1.82) is 0 Å². The zero-order chi connectivity index (χ0) is 12.7. The van der Waals surface area contributed by atoms with Crippen LogP contribution >= 0.6 is 12.4 Å². The predicted molar refractivity (Wildman–Crippen MR) is 77.0 cm³/mol. The molecule has 0 aliphatic heterocycles. The molecule has 18 heavy (non-hydrogen) atoms. The van der Waals surface area contributed by atoms with Gasteiger partial charge in [-0.25, -0.2) is 0 Å². The molecule has 0 saturated heterocycles. The van der Waals surface area contributed by atoms with E-state index in [1.807, 2.05) is 49.3 Å². The summed E-state index contributed by atoms with van der Waals surface area (Å²) >= 11 is 0. The topological polar surface area (TPSA) is 58.4 Å². The van der Waals surface area contributed by atoms with E-state index in [0.717, 1.165) is 12.1 Å². The van der Waals surface area contributed by atoms with Gasteiger partial charge >= 0.3 is 0 Å². The van der Waals surface area contributed by atoms with Crippen molar-refractivity contribution in [3.63, 3.8) is 0 Å². The first-order valence-electron chi connectivity index (χ1n) is 5.82. The summed E-state index contributed by atoms with van der Waals surface area (Å²) < 4.78 is 0. The van der Waals surface area contributed by atoms with Gasteiger partial charge in [-0.2, -0.15) is 0 Å². The molecule has 0 aromatic heterocycles. The average Bonchev–Trinajstić information content (AvgIpc) is 2.31. The lowest BCUT2D eigenvalue weighted by Gasteiger charge is -2.16. The minimum absolute atomic E-state index is 0. The lowest BCUT2D eigenvalue weighted by molar-refractivity contribution is -0.122. The van der Waals surface area contributed by atoms with Crippen molar-refractivity contribution >= 4 is 18.3 Å². The Bertz CT molecular complexity index is 343. The van der Waals surface area contributed by atoms with Crippen molar-refractivity contribution in [2.75, 3.05) is 33.7 Å². The summed E-state index contributed by atoms with van der Waals surface area (Å²) in [5.74, 6) is -0.251. The van der Waals surface area contributed by atoms with Crippen LogP contribution in [0, 0.1) is 0 Å². The Kier molecular flexibility index (Phi) is 8.37. The van der Waals surface area contributed by atoms with Gasteiger partial charge in [0, 0.05) is 19.6 Å². The van der Waals surface area contributed by atoms with Gasteiger partial charge in [-0.1, -0.05) is 30.3 Å². The molecule has 0 radical (unpaired) electrons. The van der Waals surface area contributed by atoms with Gasteiger partial charge in [-0.3, -0.25) is 4.79 Å². The molecule has 0 bridgehead atoms. The van der Waals surface area contributed by atoms with Gasteiger partial charge in [-0.05, 0) is 19.7 Å². The normalized spacial score (nSPS) is 11.8. The Morgan fingerprint density at radius 2 is 1.94 bits per heavy atom. The minimum Gasteiger partial charge on any atom is -0.354 e. The van der Waals surface area contributed by atoms with Crippen LogP contribution in [-0.2, 0) is 4.79 Å². The van der Waals surface area contributed by atoms with Gasteiger partial charge in [0.2, 0.25) is 5.91 Å². The fraction of sp³-hybridized carbons (Fsp3) is 0.462. The highest BCUT2D eigenvalue weighted by atomic mass is 35.5. The number of nitrogens with zero attached hydrogens (tertiary/aromatic N) is 1. The number of amides is 1. The van der Waals surface area contributed by atoms with Crippen LogP contribution in [0.25, 0.3) is 0 Å². The highest BCUT2D eigenvalue weighted by molar-refractivity contribution is 5.85. The van der Waals surface area contributed by atoms with Gasteiger partial charge in [0.15, 0.2) is 0 Å². The minimum atomic E-state index is -0.252. The summed E-state index contributed by atoms with van der Waals surface area (Å²) in [6.07, 6.45) is 0. The average molecular weight is 272 g/mol. The first kappa shape index (κ1) is 16.9. The number of hydrogen-bond donors (Lipinski definition) is 2. The third-order valence-corrected chi connectivity index (χ3v) is 2.61. The van der Waals surface area contributed by atoms with Crippen LogP contribution in [0.4, 0.5) is 0 Å². The molecule has 1 amide bonds. The number of hydrogen-bond acceptors (Lipinski definition) is 3. The van der Waals surface area contributed by atoms with Crippen molar-refractivity contribution in [3.8, 4) is 0 Å². The highest BCUT2D eigenvalue weighted by Crippen LogP contribution is 2.13. The molecule has 1 aromatic rings. The Hall–Kier alpha value is -1.10. The van der Waals surface area contributed by atoms with Crippen molar-refractivity contribution in [2.45, 2.75) is 5.92 Å². The van der Waals surface area contributed by atoms with Crippen LogP contribution in [0.15, 0.2) is 30.3 Å². The third kappa shape index (κ3) is 5.49. The van der Waals surface area contributed by atoms with Crippen molar-refractivity contribution < 1.29 is 4.79 Å². The first-order valence-corrected chi connectivity index (χ1v) is 5.82. The molecule has 102 valence electrons. The molecule has 1 unspecified atom stereocenters. The summed E-state index contributed by atoms with van der Waals surface area (Å²) in [4.78, 5) is 14.0. The van der Waals surface area contributed by atoms with Crippen LogP contribution in [-0.4, -0.2) is 44.5 Å². The van der Waals surface area contributed by atoms with E-state index in [9.17, 15) is 4.79 Å². The van der Waals surface area contributed by atoms with E-state index >= 15 is 0 Å². The number of carbonyl (C=O) groups is 1. The van der Waals surface area contributed by atoms with Crippen molar-refractivity contribution in [3.05, 3.63) is 35.9 Å². The lowest BCUT2D eigenvalue weighted by atomic mass is 9.98. The maximum Gasteiger partial charge on any atom is 0.228 e. The van der Waals surface area contributed by atoms with Crippen LogP contribution in [0.3, 0.4) is 0 Å². The first-order chi connectivity index (χ1) is 8.15. The lowest BCUT2D eigenvalue weighted by Crippen LogP contribution is -2.37. The Balaban J connectivity index is 0.00000289. The Morgan fingerprint density at radius 3 is 2.44 bits per heavy atom. The summed E-state index contributed by atoms with van der Waals surface area (Å²) in [5, 5.41) is 2.90. The standard InChI is InChI=1S/C13H21N3O.ClH/c1-16(2)9-8-15-13(17)12(10-14)11-6-4-3-5-7-11;/h3-7,12H,8-10,14H2,1-2H3,(H,15,17);1H. The molecule has 4 nitrogen and oxygen atoms in total. The zero-order valence-electron chi connectivity index (χ0n) is 10.9. The maximum absolute atomic E-state index is 11.9. The summed E-state index contributed by atoms with van der Waals surface area (Å²) in [7, 11) is 3.95.